The van der Waals surface area contributed by atoms with E-state index in [1.807, 2.05) is 0 Å². The molecule has 4 rings (SSSR count). The molecular weight excluding hydrogens is 223 g/mol. The zero-order valence-electron chi connectivity index (χ0n) is 8.77. The van der Waals surface area contributed by atoms with Crippen LogP contribution in [0.15, 0.2) is 11.4 Å². The fraction of sp³-hybridized carbons (Fsp3) is 0.778. The monoisotopic (exact) mass is 236 g/mol. The topological polar surface area (TPSA) is 9.23 Å². The van der Waals surface area contributed by atoms with E-state index in [1.165, 1.54) is 0 Å². The van der Waals surface area contributed by atoms with Crippen molar-refractivity contribution in [3.8, 4) is 0 Å². The fourth-order valence-corrected chi connectivity index (χ4v) is 4.05. The Hall–Kier alpha value is 0.200. The molecule has 0 aromatic heterocycles. The summed E-state index contributed by atoms with van der Waals surface area (Å²) in [6, 6.07) is 0. The van der Waals surface area contributed by atoms with Crippen molar-refractivity contribution in [1.82, 2.24) is 0 Å². The summed E-state index contributed by atoms with van der Waals surface area (Å²) < 4.78 is 7.92. The normalized spacial score (nSPS) is 50.6. The van der Waals surface area contributed by atoms with Gasteiger partial charge in [-0.3, -0.25) is 4.48 Å². The number of likely N-dealkylation sites (N-methyl/N-ethyl adjacent to an activating group) is 2. The Morgan fingerprint density at radius 3 is 1.86 bits per heavy atom. The largest absolute Gasteiger partial charge is 1.00 e. The Morgan fingerprint density at radius 1 is 1.07 bits per heavy atom. The molecule has 5 heteroatoms. The van der Waals surface area contributed by atoms with E-state index < -0.39 is 0 Å². The molecule has 2 saturated heterocycles. The Labute approximate surface area is 96.3 Å². The lowest BCUT2D eigenvalue weighted by molar-refractivity contribution is -0.850. The molecule has 0 spiro atoms. The Kier molecular flexibility index (Phi) is 1.45. The Balaban J connectivity index is 0.000000375. The van der Waals surface area contributed by atoms with E-state index >= 15 is 0 Å². The van der Waals surface area contributed by atoms with Crippen LogP contribution in [0.3, 0.4) is 0 Å². The van der Waals surface area contributed by atoms with Crippen LogP contribution >= 0.6 is 0 Å². The van der Waals surface area contributed by atoms with Gasteiger partial charge in [-0.25, -0.2) is 4.48 Å². The SMILES string of the molecule is C[N+]1(C)C2=C1C13OCC21[N+]3(C)C.[Cl-].[Cl-]. The minimum Gasteiger partial charge on any atom is -1.00 e. The van der Waals surface area contributed by atoms with Gasteiger partial charge in [0.1, 0.15) is 6.61 Å². The summed E-state index contributed by atoms with van der Waals surface area (Å²) >= 11 is 0. The van der Waals surface area contributed by atoms with Crippen molar-refractivity contribution in [3.63, 3.8) is 0 Å². The first-order valence-corrected chi connectivity index (χ1v) is 4.53. The van der Waals surface area contributed by atoms with Crippen molar-refractivity contribution < 1.29 is 38.5 Å². The lowest BCUT2D eigenvalue weighted by Gasteiger charge is -2.18. The van der Waals surface area contributed by atoms with Crippen LogP contribution in [0.5, 0.6) is 0 Å². The number of halogens is 2. The molecule has 2 unspecified atom stereocenters. The zero-order chi connectivity index (χ0) is 8.57. The number of hydrogen-bond acceptors (Lipinski definition) is 1. The molecular formula is C9H14Cl2N2O. The predicted octanol–water partition coefficient (Wildman–Crippen LogP) is -6.14. The van der Waals surface area contributed by atoms with E-state index in [2.05, 4.69) is 28.2 Å². The predicted molar refractivity (Wildman–Crippen MR) is 42.7 cm³/mol. The minimum absolute atomic E-state index is 0. The summed E-state index contributed by atoms with van der Waals surface area (Å²) in [5.41, 5.74) is 3.83. The van der Waals surface area contributed by atoms with Gasteiger partial charge < -0.3 is 29.6 Å². The highest BCUT2D eigenvalue weighted by Gasteiger charge is 3.17. The molecule has 2 atom stereocenters. The summed E-state index contributed by atoms with van der Waals surface area (Å²) in [5, 5.41) is 0. The summed E-state index contributed by atoms with van der Waals surface area (Å²) in [5.74, 6) is 0. The maximum atomic E-state index is 5.79. The van der Waals surface area contributed by atoms with Gasteiger partial charge in [0, 0.05) is 0 Å². The Morgan fingerprint density at radius 2 is 1.64 bits per heavy atom. The van der Waals surface area contributed by atoms with Crippen molar-refractivity contribution in [2.75, 3.05) is 34.8 Å². The summed E-state index contributed by atoms with van der Waals surface area (Å²) in [7, 11) is 9.13. The average molecular weight is 237 g/mol. The first-order chi connectivity index (χ1) is 5.45. The minimum atomic E-state index is 0. The standard InChI is InChI=1S/C9H14N2O.2ClH/c1-10(2)6-7(10)9-8(6,5-12-9)11(9,3)4;;/h5H2,1-4H3;2*1H/q+2;;/p-2. The van der Waals surface area contributed by atoms with Crippen LogP contribution in [0.4, 0.5) is 0 Å². The van der Waals surface area contributed by atoms with Crippen LogP contribution in [-0.4, -0.2) is 55.0 Å². The highest BCUT2D eigenvalue weighted by molar-refractivity contribution is 5.61. The number of rotatable bonds is 0. The molecule has 3 aliphatic heterocycles. The van der Waals surface area contributed by atoms with Crippen molar-refractivity contribution in [2.45, 2.75) is 11.3 Å². The van der Waals surface area contributed by atoms with Gasteiger partial charge in [-0.05, 0) is 0 Å². The van der Waals surface area contributed by atoms with Gasteiger partial charge in [0.2, 0.25) is 0 Å². The van der Waals surface area contributed by atoms with Crippen molar-refractivity contribution in [1.29, 1.82) is 0 Å². The van der Waals surface area contributed by atoms with E-state index in [0.717, 1.165) is 15.6 Å². The molecule has 4 aliphatic rings. The number of nitrogens with zero attached hydrogens (tertiary/aromatic N) is 2. The maximum Gasteiger partial charge on any atom is 0.356 e. The zero-order valence-corrected chi connectivity index (χ0v) is 10.3. The molecule has 0 aromatic rings. The van der Waals surface area contributed by atoms with Crippen LogP contribution in [-0.2, 0) is 4.74 Å². The molecule has 1 aliphatic carbocycles. The molecule has 14 heavy (non-hydrogen) atoms. The summed E-state index contributed by atoms with van der Waals surface area (Å²) in [4.78, 5) is 0. The van der Waals surface area contributed by atoms with Crippen molar-refractivity contribution in [3.05, 3.63) is 11.4 Å². The highest BCUT2D eigenvalue weighted by atomic mass is 35.5. The first kappa shape index (κ1) is 10.7. The van der Waals surface area contributed by atoms with Crippen LogP contribution < -0.4 is 24.8 Å². The van der Waals surface area contributed by atoms with E-state index in [4.69, 9.17) is 4.74 Å². The quantitative estimate of drug-likeness (QED) is 0.301. The third-order valence-electron chi connectivity index (χ3n) is 4.75. The van der Waals surface area contributed by atoms with E-state index in [0.29, 0.717) is 5.54 Å². The number of likely N-dealkylation sites (tertiary alicyclic amines) is 1. The second-order valence-electron chi connectivity index (χ2n) is 5.40. The lowest BCUT2D eigenvalue weighted by atomic mass is 9.87. The van der Waals surface area contributed by atoms with Gasteiger partial charge in [-0.1, -0.05) is 0 Å². The highest BCUT2D eigenvalue weighted by Crippen LogP contribution is 2.88. The molecule has 0 amide bonds. The van der Waals surface area contributed by atoms with Gasteiger partial charge in [0.15, 0.2) is 0 Å². The second kappa shape index (κ2) is 1.89. The van der Waals surface area contributed by atoms with Crippen LogP contribution in [0.2, 0.25) is 0 Å². The Bertz CT molecular complexity index is 358. The second-order valence-corrected chi connectivity index (χ2v) is 5.40. The number of ether oxygens (including phenoxy) is 1. The number of hydrogen-bond donors (Lipinski definition) is 0. The molecule has 0 N–H and O–H groups in total. The van der Waals surface area contributed by atoms with E-state index in [1.54, 1.807) is 11.4 Å². The van der Waals surface area contributed by atoms with Gasteiger partial charge in [0.25, 0.3) is 16.9 Å². The smallest absolute Gasteiger partial charge is 0.356 e. The molecule has 80 valence electrons. The van der Waals surface area contributed by atoms with Gasteiger partial charge in [0.05, 0.1) is 28.2 Å². The molecule has 3 heterocycles. The molecule has 0 saturated carbocycles. The van der Waals surface area contributed by atoms with Crippen molar-refractivity contribution >= 4 is 0 Å². The third-order valence-corrected chi connectivity index (χ3v) is 4.75. The third kappa shape index (κ3) is 0.452. The summed E-state index contributed by atoms with van der Waals surface area (Å²) in [6.45, 7) is 0.959. The lowest BCUT2D eigenvalue weighted by Crippen LogP contribution is -3.00. The molecule has 2 fully saturated rings. The van der Waals surface area contributed by atoms with Gasteiger partial charge in [-0.15, -0.1) is 0 Å². The number of piperazine rings is 1. The molecule has 3 nitrogen and oxygen atoms in total. The van der Waals surface area contributed by atoms with Crippen LogP contribution in [0.25, 0.3) is 0 Å². The number of quaternary nitrogens is 2. The van der Waals surface area contributed by atoms with Gasteiger partial charge in [-0.2, -0.15) is 0 Å². The molecule has 0 bridgehead atoms. The van der Waals surface area contributed by atoms with Gasteiger partial charge >= 0.3 is 5.72 Å². The van der Waals surface area contributed by atoms with E-state index in [-0.39, 0.29) is 30.5 Å². The average Bonchev–Trinajstić information content (AvgIpc) is 2.47. The van der Waals surface area contributed by atoms with Crippen LogP contribution in [0.1, 0.15) is 0 Å². The maximum absolute atomic E-state index is 5.79. The first-order valence-electron chi connectivity index (χ1n) is 4.53. The van der Waals surface area contributed by atoms with E-state index in [9.17, 15) is 0 Å². The van der Waals surface area contributed by atoms with Crippen LogP contribution in [0, 0.1) is 0 Å². The molecule has 0 radical (unpaired) electrons. The fourth-order valence-electron chi connectivity index (χ4n) is 4.05. The summed E-state index contributed by atoms with van der Waals surface area (Å²) in [6.07, 6.45) is 0. The van der Waals surface area contributed by atoms with Crippen molar-refractivity contribution in [2.24, 2.45) is 0 Å². The molecule has 0 aromatic carbocycles.